The van der Waals surface area contributed by atoms with Crippen molar-refractivity contribution < 1.29 is 19.1 Å². The van der Waals surface area contributed by atoms with Gasteiger partial charge in [0.05, 0.1) is 0 Å². The van der Waals surface area contributed by atoms with Crippen molar-refractivity contribution in [1.82, 2.24) is 0 Å². The van der Waals surface area contributed by atoms with Gasteiger partial charge >= 0.3 is 7.60 Å². The van der Waals surface area contributed by atoms with Gasteiger partial charge in [0.15, 0.2) is 5.85 Å². The minimum atomic E-state index is -4.42. The zero-order valence-electron chi connectivity index (χ0n) is 24.1. The average molecular weight is 547 g/mol. The first kappa shape index (κ1) is 33.0. The Morgan fingerprint density at radius 2 is 1.03 bits per heavy atom. The number of fused-ring (bicyclic) bond motifs is 1. The van der Waals surface area contributed by atoms with E-state index in [1.54, 1.807) is 6.07 Å². The van der Waals surface area contributed by atoms with Gasteiger partial charge < -0.3 is 14.5 Å². The summed E-state index contributed by atoms with van der Waals surface area (Å²) < 4.78 is 18.0. The summed E-state index contributed by atoms with van der Waals surface area (Å²) in [6.45, 7) is 2.66. The summed E-state index contributed by atoms with van der Waals surface area (Å²) >= 11 is 0. The van der Waals surface area contributed by atoms with Gasteiger partial charge in [-0.05, 0) is 17.2 Å². The van der Waals surface area contributed by atoms with Gasteiger partial charge in [0.25, 0.3) is 0 Å². The molecule has 0 aliphatic heterocycles. The molecule has 0 spiro atoms. The molecule has 2 rings (SSSR count). The molecular formula is C33H55O4P. The molecule has 5 heteroatoms. The van der Waals surface area contributed by atoms with Crippen molar-refractivity contribution in [3.8, 4) is 0 Å². The normalized spacial score (nSPS) is 12.8. The van der Waals surface area contributed by atoms with E-state index in [0.29, 0.717) is 12.2 Å². The summed E-state index contributed by atoms with van der Waals surface area (Å²) in [4.78, 5) is 19.9. The average Bonchev–Trinajstić information content (AvgIpc) is 2.91. The highest BCUT2D eigenvalue weighted by atomic mass is 31.2. The predicted molar refractivity (Wildman–Crippen MR) is 163 cm³/mol. The fourth-order valence-electron chi connectivity index (χ4n) is 5.39. The molecule has 0 aliphatic rings. The Balaban J connectivity index is 1.43. The monoisotopic (exact) mass is 546 g/mol. The van der Waals surface area contributed by atoms with Crippen molar-refractivity contribution in [1.29, 1.82) is 0 Å². The number of hydrogen-bond acceptors (Lipinski definition) is 2. The van der Waals surface area contributed by atoms with Gasteiger partial charge in [-0.1, -0.05) is 171 Å². The standard InChI is InChI=1S/C33H55O4P/c1-2-3-4-5-6-7-8-9-10-11-12-13-14-15-16-17-18-19-20-23-29-37-33(38(34,35)36)32-28-24-26-30-25-21-22-27-31(30)32/h21-22,24-28,33H,2-20,23,29H2,1H3,(H2,34,35,36). The van der Waals surface area contributed by atoms with Crippen LogP contribution in [0.15, 0.2) is 42.5 Å². The molecule has 0 aromatic heterocycles. The van der Waals surface area contributed by atoms with Crippen LogP contribution < -0.4 is 0 Å². The molecule has 2 aromatic rings. The van der Waals surface area contributed by atoms with Gasteiger partial charge in [0.1, 0.15) is 0 Å². The smallest absolute Gasteiger partial charge is 0.358 e. The third-order valence-electron chi connectivity index (χ3n) is 7.67. The first-order valence-electron chi connectivity index (χ1n) is 15.7. The van der Waals surface area contributed by atoms with Gasteiger partial charge in [-0.15, -0.1) is 0 Å². The van der Waals surface area contributed by atoms with Crippen LogP contribution in [0.5, 0.6) is 0 Å². The van der Waals surface area contributed by atoms with E-state index < -0.39 is 13.4 Å². The van der Waals surface area contributed by atoms with Crippen LogP contribution in [-0.2, 0) is 9.30 Å². The molecule has 4 nitrogen and oxygen atoms in total. The minimum absolute atomic E-state index is 0.373. The van der Waals surface area contributed by atoms with E-state index in [2.05, 4.69) is 6.92 Å². The molecule has 0 radical (unpaired) electrons. The van der Waals surface area contributed by atoms with Crippen molar-refractivity contribution in [3.05, 3.63) is 48.0 Å². The molecule has 2 aromatic carbocycles. The fourth-order valence-corrected chi connectivity index (χ4v) is 6.27. The summed E-state index contributed by atoms with van der Waals surface area (Å²) in [5.74, 6) is -1.20. The Hall–Kier alpha value is -1.19. The number of hydrogen-bond donors (Lipinski definition) is 2. The lowest BCUT2D eigenvalue weighted by atomic mass is 10.0. The van der Waals surface area contributed by atoms with Crippen molar-refractivity contribution in [2.24, 2.45) is 0 Å². The number of ether oxygens (including phenoxy) is 1. The Kier molecular flexibility index (Phi) is 18.0. The first-order valence-corrected chi connectivity index (χ1v) is 17.4. The van der Waals surface area contributed by atoms with Gasteiger partial charge in [0.2, 0.25) is 0 Å². The first-order chi connectivity index (χ1) is 18.5. The number of rotatable bonds is 24. The molecule has 0 saturated carbocycles. The largest absolute Gasteiger partial charge is 0.361 e. The second-order valence-corrected chi connectivity index (χ2v) is 12.7. The minimum Gasteiger partial charge on any atom is -0.361 e. The van der Waals surface area contributed by atoms with Crippen LogP contribution in [0.2, 0.25) is 0 Å². The van der Waals surface area contributed by atoms with Crippen LogP contribution >= 0.6 is 7.60 Å². The molecule has 1 unspecified atom stereocenters. The molecule has 0 fully saturated rings. The lowest BCUT2D eigenvalue weighted by Crippen LogP contribution is -2.07. The quantitative estimate of drug-likeness (QED) is 0.101. The molecule has 0 bridgehead atoms. The Bertz CT molecular complexity index is 888. The van der Waals surface area contributed by atoms with Crippen molar-refractivity contribution in [3.63, 3.8) is 0 Å². The van der Waals surface area contributed by atoms with E-state index in [-0.39, 0.29) is 0 Å². The van der Waals surface area contributed by atoms with E-state index in [4.69, 9.17) is 4.74 Å². The third kappa shape index (κ3) is 14.3. The second-order valence-electron chi connectivity index (χ2n) is 11.1. The van der Waals surface area contributed by atoms with Crippen molar-refractivity contribution in [2.75, 3.05) is 6.61 Å². The van der Waals surface area contributed by atoms with Crippen molar-refractivity contribution >= 4 is 18.4 Å². The molecule has 0 saturated heterocycles. The van der Waals surface area contributed by atoms with E-state index in [1.165, 1.54) is 109 Å². The highest BCUT2D eigenvalue weighted by Crippen LogP contribution is 2.53. The number of unbranched alkanes of at least 4 members (excludes halogenated alkanes) is 19. The lowest BCUT2D eigenvalue weighted by molar-refractivity contribution is 0.0833. The van der Waals surface area contributed by atoms with Crippen molar-refractivity contribution in [2.45, 2.75) is 141 Å². The molecular weight excluding hydrogens is 491 g/mol. The Labute approximate surface area is 233 Å². The molecule has 0 heterocycles. The van der Waals surface area contributed by atoms with Gasteiger partial charge in [-0.3, -0.25) is 4.57 Å². The number of benzene rings is 2. The fraction of sp³-hybridized carbons (Fsp3) is 0.697. The van der Waals surface area contributed by atoms with Gasteiger partial charge in [-0.25, -0.2) is 0 Å². The predicted octanol–water partition coefficient (Wildman–Crippen LogP) is 10.9. The molecule has 0 aliphatic carbocycles. The summed E-state index contributed by atoms with van der Waals surface area (Å²) in [7, 11) is -4.42. The Morgan fingerprint density at radius 3 is 1.50 bits per heavy atom. The van der Waals surface area contributed by atoms with Gasteiger partial charge in [0, 0.05) is 12.2 Å². The molecule has 1 atom stereocenters. The highest BCUT2D eigenvalue weighted by molar-refractivity contribution is 7.52. The summed E-state index contributed by atoms with van der Waals surface area (Å²) in [5, 5.41) is 1.80. The van der Waals surface area contributed by atoms with Crippen LogP contribution in [0.25, 0.3) is 10.8 Å². The van der Waals surface area contributed by atoms with Crippen LogP contribution in [0.1, 0.15) is 147 Å². The van der Waals surface area contributed by atoms with Gasteiger partial charge in [-0.2, -0.15) is 0 Å². The summed E-state index contributed by atoms with van der Waals surface area (Å²) in [5.41, 5.74) is 0.574. The zero-order valence-corrected chi connectivity index (χ0v) is 25.0. The molecule has 216 valence electrons. The molecule has 0 amide bonds. The van der Waals surface area contributed by atoms with Crippen LogP contribution in [0, 0.1) is 0 Å². The maximum atomic E-state index is 12.2. The molecule has 38 heavy (non-hydrogen) atoms. The van der Waals surface area contributed by atoms with Crippen LogP contribution in [-0.4, -0.2) is 16.4 Å². The second kappa shape index (κ2) is 20.7. The maximum Gasteiger partial charge on any atom is 0.358 e. The zero-order chi connectivity index (χ0) is 27.3. The summed E-state index contributed by atoms with van der Waals surface area (Å²) in [6, 6.07) is 13.2. The van der Waals surface area contributed by atoms with Crippen LogP contribution in [0.4, 0.5) is 0 Å². The van der Waals surface area contributed by atoms with E-state index in [1.807, 2.05) is 36.4 Å². The van der Waals surface area contributed by atoms with E-state index in [0.717, 1.165) is 30.0 Å². The topological polar surface area (TPSA) is 66.8 Å². The third-order valence-corrected chi connectivity index (χ3v) is 8.71. The lowest BCUT2D eigenvalue weighted by Gasteiger charge is -2.21. The summed E-state index contributed by atoms with van der Waals surface area (Å²) in [6.07, 6.45) is 26.7. The Morgan fingerprint density at radius 1 is 0.605 bits per heavy atom. The van der Waals surface area contributed by atoms with Crippen LogP contribution in [0.3, 0.4) is 0 Å². The van der Waals surface area contributed by atoms with E-state index >= 15 is 0 Å². The SMILES string of the molecule is CCCCCCCCCCCCCCCCCCCCCCOC(c1cccc2ccccc12)P(=O)(O)O. The molecule has 2 N–H and O–H groups in total. The van der Waals surface area contributed by atoms with E-state index in [9.17, 15) is 14.4 Å². The highest BCUT2D eigenvalue weighted by Gasteiger charge is 2.32. The maximum absolute atomic E-state index is 12.2.